The van der Waals surface area contributed by atoms with E-state index in [1.54, 1.807) is 33.0 Å². The summed E-state index contributed by atoms with van der Waals surface area (Å²) in [6.45, 7) is 3.10. The fourth-order valence-electron chi connectivity index (χ4n) is 2.30. The fraction of sp³-hybridized carbons (Fsp3) is 0.471. The molecule has 0 saturated carbocycles. The zero-order chi connectivity index (χ0) is 20.4. The molecule has 0 heterocycles. The summed E-state index contributed by atoms with van der Waals surface area (Å²) in [4.78, 5) is 36.0. The average molecular weight is 381 g/mol. The van der Waals surface area contributed by atoms with Gasteiger partial charge in [0.1, 0.15) is 6.04 Å². The van der Waals surface area contributed by atoms with Crippen molar-refractivity contribution >= 4 is 29.1 Å². The second kappa shape index (κ2) is 11.1. The number of rotatable bonds is 10. The van der Waals surface area contributed by atoms with Gasteiger partial charge in [-0.25, -0.2) is 0 Å². The van der Waals surface area contributed by atoms with E-state index in [4.69, 9.17) is 10.3 Å². The molecule has 0 aliphatic rings. The maximum Gasteiger partial charge on any atom is 0.243 e. The summed E-state index contributed by atoms with van der Waals surface area (Å²) < 4.78 is 0. The van der Waals surface area contributed by atoms with Crippen molar-refractivity contribution in [3.8, 4) is 0 Å². The first kappa shape index (κ1) is 22.4. The van der Waals surface area contributed by atoms with E-state index in [0.29, 0.717) is 11.3 Å². The Morgan fingerprint density at radius 1 is 1.11 bits per heavy atom. The lowest BCUT2D eigenvalue weighted by Gasteiger charge is -2.21. The minimum absolute atomic E-state index is 0.0854. The van der Waals surface area contributed by atoms with E-state index >= 15 is 0 Å². The van der Waals surface area contributed by atoms with Crippen LogP contribution in [0.2, 0.25) is 0 Å². The Morgan fingerprint density at radius 3 is 2.37 bits per heavy atom. The SMILES string of the molecule is CNCC(=O)NC(C(=O)NCC(=O)Nc1ccc(CO)c(NO)c1)C(C)C. The van der Waals surface area contributed by atoms with Crippen LogP contribution in [0.3, 0.4) is 0 Å². The lowest BCUT2D eigenvalue weighted by molar-refractivity contribution is -0.130. The van der Waals surface area contributed by atoms with Crippen molar-refractivity contribution in [2.75, 3.05) is 30.9 Å². The third-order valence-corrected chi connectivity index (χ3v) is 3.71. The molecule has 0 aliphatic heterocycles. The molecule has 0 fully saturated rings. The molecule has 0 aliphatic carbocycles. The summed E-state index contributed by atoms with van der Waals surface area (Å²) in [5.41, 5.74) is 3.04. The smallest absolute Gasteiger partial charge is 0.243 e. The van der Waals surface area contributed by atoms with E-state index in [9.17, 15) is 14.4 Å². The van der Waals surface area contributed by atoms with Gasteiger partial charge in [-0.05, 0) is 25.1 Å². The Labute approximate surface area is 157 Å². The monoisotopic (exact) mass is 381 g/mol. The summed E-state index contributed by atoms with van der Waals surface area (Å²) in [6, 6.07) is 3.78. The molecule has 27 heavy (non-hydrogen) atoms. The van der Waals surface area contributed by atoms with Crippen LogP contribution in [-0.4, -0.2) is 54.2 Å². The van der Waals surface area contributed by atoms with Crippen LogP contribution in [0.25, 0.3) is 0 Å². The first-order chi connectivity index (χ1) is 12.8. The molecule has 7 N–H and O–H groups in total. The Kier molecular flexibility index (Phi) is 9.20. The van der Waals surface area contributed by atoms with Gasteiger partial charge in [0.15, 0.2) is 0 Å². The number of carbonyl (C=O) groups excluding carboxylic acids is 3. The number of amides is 3. The zero-order valence-corrected chi connectivity index (χ0v) is 15.6. The van der Waals surface area contributed by atoms with Gasteiger partial charge in [-0.15, -0.1) is 0 Å². The Balaban J connectivity index is 2.61. The molecular formula is C17H27N5O5. The second-order valence-corrected chi connectivity index (χ2v) is 6.23. The topological polar surface area (TPSA) is 152 Å². The van der Waals surface area contributed by atoms with Crippen LogP contribution in [-0.2, 0) is 21.0 Å². The number of aliphatic hydroxyl groups excluding tert-OH is 1. The molecule has 1 aromatic carbocycles. The summed E-state index contributed by atoms with van der Waals surface area (Å²) in [6.07, 6.45) is 0. The van der Waals surface area contributed by atoms with Crippen molar-refractivity contribution in [2.24, 2.45) is 5.92 Å². The third-order valence-electron chi connectivity index (χ3n) is 3.71. The number of nitrogens with one attached hydrogen (secondary N) is 5. The maximum absolute atomic E-state index is 12.3. The molecule has 0 bridgehead atoms. The van der Waals surface area contributed by atoms with E-state index < -0.39 is 17.9 Å². The predicted octanol–water partition coefficient (Wildman–Crippen LogP) is -0.605. The van der Waals surface area contributed by atoms with Crippen molar-refractivity contribution in [2.45, 2.75) is 26.5 Å². The number of aliphatic hydroxyl groups is 1. The molecule has 0 saturated heterocycles. The molecule has 1 rings (SSSR count). The molecule has 0 radical (unpaired) electrons. The van der Waals surface area contributed by atoms with E-state index in [-0.39, 0.29) is 37.2 Å². The molecule has 10 heteroatoms. The van der Waals surface area contributed by atoms with Gasteiger partial charge in [-0.1, -0.05) is 19.9 Å². The summed E-state index contributed by atoms with van der Waals surface area (Å²) >= 11 is 0. The van der Waals surface area contributed by atoms with E-state index in [1.807, 2.05) is 5.48 Å². The van der Waals surface area contributed by atoms with Crippen LogP contribution in [0.15, 0.2) is 18.2 Å². The van der Waals surface area contributed by atoms with E-state index in [0.717, 1.165) is 0 Å². The number of anilines is 2. The van der Waals surface area contributed by atoms with Crippen molar-refractivity contribution < 1.29 is 24.7 Å². The van der Waals surface area contributed by atoms with Crippen LogP contribution in [0.4, 0.5) is 11.4 Å². The molecule has 1 unspecified atom stereocenters. The predicted molar refractivity (Wildman–Crippen MR) is 100 cm³/mol. The minimum atomic E-state index is -0.757. The Bertz CT molecular complexity index is 665. The van der Waals surface area contributed by atoms with Crippen LogP contribution in [0, 0.1) is 5.92 Å². The van der Waals surface area contributed by atoms with Crippen LogP contribution >= 0.6 is 0 Å². The highest BCUT2D eigenvalue weighted by Crippen LogP contribution is 2.20. The quantitative estimate of drug-likeness (QED) is 0.267. The lowest BCUT2D eigenvalue weighted by Crippen LogP contribution is -2.52. The van der Waals surface area contributed by atoms with Gasteiger partial charge >= 0.3 is 0 Å². The summed E-state index contributed by atoms with van der Waals surface area (Å²) in [7, 11) is 1.62. The first-order valence-electron chi connectivity index (χ1n) is 8.47. The van der Waals surface area contributed by atoms with Crippen molar-refractivity contribution in [3.63, 3.8) is 0 Å². The zero-order valence-electron chi connectivity index (χ0n) is 15.6. The van der Waals surface area contributed by atoms with Gasteiger partial charge in [0.25, 0.3) is 0 Å². The standard InChI is InChI=1S/C17H27N5O5/c1-10(2)16(21-14(24)7-18-3)17(26)19-8-15(25)20-12-5-4-11(9-23)13(6-12)22-27/h4-6,10,16,18,22-23,27H,7-9H2,1-3H3,(H,19,26)(H,20,25)(H,21,24). The lowest BCUT2D eigenvalue weighted by atomic mass is 10.0. The van der Waals surface area contributed by atoms with E-state index in [1.165, 1.54) is 6.07 Å². The van der Waals surface area contributed by atoms with Gasteiger partial charge in [-0.2, -0.15) is 0 Å². The van der Waals surface area contributed by atoms with Crippen LogP contribution in [0.1, 0.15) is 19.4 Å². The third kappa shape index (κ3) is 7.21. The van der Waals surface area contributed by atoms with Gasteiger partial charge in [-0.3, -0.25) is 25.1 Å². The normalized spacial score (nSPS) is 11.6. The van der Waals surface area contributed by atoms with Gasteiger partial charge in [0, 0.05) is 11.3 Å². The highest BCUT2D eigenvalue weighted by Gasteiger charge is 2.24. The molecule has 0 aromatic heterocycles. The molecule has 3 amide bonds. The Hall–Kier alpha value is -2.69. The molecular weight excluding hydrogens is 354 g/mol. The maximum atomic E-state index is 12.3. The Morgan fingerprint density at radius 2 is 1.81 bits per heavy atom. The molecule has 1 atom stereocenters. The number of likely N-dealkylation sites (N-methyl/N-ethyl adjacent to an activating group) is 1. The molecule has 0 spiro atoms. The largest absolute Gasteiger partial charge is 0.392 e. The number of benzene rings is 1. The number of hydrogen-bond acceptors (Lipinski definition) is 7. The molecule has 1 aromatic rings. The van der Waals surface area contributed by atoms with Crippen LogP contribution in [0.5, 0.6) is 0 Å². The van der Waals surface area contributed by atoms with Gasteiger partial charge in [0.2, 0.25) is 17.7 Å². The fourth-order valence-corrected chi connectivity index (χ4v) is 2.30. The second-order valence-electron chi connectivity index (χ2n) is 6.23. The van der Waals surface area contributed by atoms with Crippen LogP contribution < -0.4 is 26.7 Å². The van der Waals surface area contributed by atoms with E-state index in [2.05, 4.69) is 21.3 Å². The van der Waals surface area contributed by atoms with Gasteiger partial charge in [0.05, 0.1) is 25.4 Å². The highest BCUT2D eigenvalue weighted by atomic mass is 16.5. The van der Waals surface area contributed by atoms with Gasteiger partial charge < -0.3 is 26.4 Å². The average Bonchev–Trinajstić information content (AvgIpc) is 2.64. The summed E-state index contributed by atoms with van der Waals surface area (Å²) in [5, 5.41) is 28.6. The number of hydrogen-bond donors (Lipinski definition) is 7. The summed E-state index contributed by atoms with van der Waals surface area (Å²) in [5.74, 6) is -1.41. The molecule has 10 nitrogen and oxygen atoms in total. The van der Waals surface area contributed by atoms with Crippen molar-refractivity contribution in [1.82, 2.24) is 16.0 Å². The minimum Gasteiger partial charge on any atom is -0.392 e. The van der Waals surface area contributed by atoms with Crippen molar-refractivity contribution in [3.05, 3.63) is 23.8 Å². The number of carbonyl (C=O) groups is 3. The first-order valence-corrected chi connectivity index (χ1v) is 8.47. The highest BCUT2D eigenvalue weighted by molar-refractivity contribution is 5.96. The van der Waals surface area contributed by atoms with Crippen molar-refractivity contribution in [1.29, 1.82) is 0 Å². The molecule has 150 valence electrons.